The lowest BCUT2D eigenvalue weighted by molar-refractivity contribution is -0.251. The van der Waals surface area contributed by atoms with Crippen LogP contribution in [0.1, 0.15) is 0 Å². The van der Waals surface area contributed by atoms with Gasteiger partial charge in [-0.2, -0.15) is 0 Å². The number of esters is 2. The Hall–Kier alpha value is -1.10. The van der Waals surface area contributed by atoms with Gasteiger partial charge in [0.1, 0.15) is 0 Å². The maximum atomic E-state index is 11.1. The second kappa shape index (κ2) is 8.91. The number of morpholine rings is 1. The first-order valence-corrected chi connectivity index (χ1v) is 5.86. The lowest BCUT2D eigenvalue weighted by Crippen LogP contribution is -2.46. The van der Waals surface area contributed by atoms with E-state index in [-0.39, 0.29) is 26.3 Å². The maximum absolute atomic E-state index is 11.1. The third kappa shape index (κ3) is 6.57. The predicted molar refractivity (Wildman–Crippen MR) is 61.1 cm³/mol. The van der Waals surface area contributed by atoms with Crippen molar-refractivity contribution in [2.45, 2.75) is 0 Å². The molecule has 1 fully saturated rings. The highest BCUT2D eigenvalue weighted by atomic mass is 17.1. The molecule has 110 valence electrons. The van der Waals surface area contributed by atoms with Crippen molar-refractivity contribution < 1.29 is 34.6 Å². The molecule has 1 aliphatic heterocycles. The van der Waals surface area contributed by atoms with Crippen LogP contribution in [0.2, 0.25) is 0 Å². The molecule has 9 heteroatoms. The van der Waals surface area contributed by atoms with Crippen LogP contribution in [0.5, 0.6) is 0 Å². The van der Waals surface area contributed by atoms with E-state index in [0.717, 1.165) is 0 Å². The molecule has 1 saturated heterocycles. The standard InChI is InChI=1S/C10H18N2O7/c13-9-7-12(8-10(14)19-9)2-1-11(3-5-17-15)4-6-18-16/h15-16H,1-8H2. The fourth-order valence-corrected chi connectivity index (χ4v) is 1.73. The van der Waals surface area contributed by atoms with Gasteiger partial charge in [0.2, 0.25) is 0 Å². The Balaban J connectivity index is 2.32. The van der Waals surface area contributed by atoms with Crippen molar-refractivity contribution in [2.24, 2.45) is 0 Å². The molecule has 0 atom stereocenters. The number of cyclic esters (lactones) is 2. The number of nitrogens with zero attached hydrogens (tertiary/aromatic N) is 2. The van der Waals surface area contributed by atoms with Crippen LogP contribution in [0.3, 0.4) is 0 Å². The van der Waals surface area contributed by atoms with Crippen molar-refractivity contribution in [3.63, 3.8) is 0 Å². The molecule has 0 bridgehead atoms. The number of carbonyl (C=O) groups is 2. The zero-order valence-electron chi connectivity index (χ0n) is 10.5. The normalized spacial score (nSPS) is 17.0. The molecule has 19 heavy (non-hydrogen) atoms. The molecule has 1 aliphatic rings. The Morgan fingerprint density at radius 2 is 1.58 bits per heavy atom. The molecule has 1 heterocycles. The van der Waals surface area contributed by atoms with Gasteiger partial charge in [-0.05, 0) is 0 Å². The van der Waals surface area contributed by atoms with Crippen molar-refractivity contribution in [1.29, 1.82) is 0 Å². The van der Waals surface area contributed by atoms with E-state index in [2.05, 4.69) is 14.5 Å². The monoisotopic (exact) mass is 278 g/mol. The first kappa shape index (κ1) is 16.0. The SMILES string of the molecule is O=C1CN(CCN(CCOO)CCOO)CC(=O)O1. The summed E-state index contributed by atoms with van der Waals surface area (Å²) in [7, 11) is 0. The van der Waals surface area contributed by atoms with Crippen molar-refractivity contribution in [1.82, 2.24) is 9.80 Å². The Morgan fingerprint density at radius 3 is 2.05 bits per heavy atom. The topological polar surface area (TPSA) is 109 Å². The van der Waals surface area contributed by atoms with Crippen molar-refractivity contribution >= 4 is 11.9 Å². The summed E-state index contributed by atoms with van der Waals surface area (Å²) in [6.45, 7) is 2.28. The molecule has 0 aromatic heterocycles. The second-order valence-electron chi connectivity index (χ2n) is 4.06. The van der Waals surface area contributed by atoms with Gasteiger partial charge in [0.25, 0.3) is 0 Å². The molecule has 0 spiro atoms. The van der Waals surface area contributed by atoms with Gasteiger partial charge in [-0.15, -0.1) is 0 Å². The molecule has 0 saturated carbocycles. The van der Waals surface area contributed by atoms with E-state index in [1.165, 1.54) is 0 Å². The van der Waals surface area contributed by atoms with Gasteiger partial charge in [-0.1, -0.05) is 0 Å². The minimum atomic E-state index is -0.555. The van der Waals surface area contributed by atoms with E-state index in [4.69, 9.17) is 10.5 Å². The van der Waals surface area contributed by atoms with E-state index in [1.54, 1.807) is 4.90 Å². The van der Waals surface area contributed by atoms with Crippen molar-refractivity contribution in [3.8, 4) is 0 Å². The maximum Gasteiger partial charge on any atom is 0.327 e. The van der Waals surface area contributed by atoms with Crippen LogP contribution in [-0.4, -0.2) is 84.7 Å². The molecule has 1 rings (SSSR count). The highest BCUT2D eigenvalue weighted by molar-refractivity contribution is 5.90. The Morgan fingerprint density at radius 1 is 1.05 bits per heavy atom. The Labute approximate surface area is 110 Å². The van der Waals surface area contributed by atoms with E-state index >= 15 is 0 Å². The van der Waals surface area contributed by atoms with E-state index in [1.807, 2.05) is 4.90 Å². The van der Waals surface area contributed by atoms with Crippen LogP contribution < -0.4 is 0 Å². The first-order valence-electron chi connectivity index (χ1n) is 5.86. The van der Waals surface area contributed by atoms with Gasteiger partial charge in [-0.25, -0.2) is 9.78 Å². The van der Waals surface area contributed by atoms with E-state index in [0.29, 0.717) is 26.2 Å². The molecule has 9 nitrogen and oxygen atoms in total. The van der Waals surface area contributed by atoms with Crippen LogP contribution in [-0.2, 0) is 24.1 Å². The summed E-state index contributed by atoms with van der Waals surface area (Å²) in [6, 6.07) is 0. The molecule has 0 unspecified atom stereocenters. The van der Waals surface area contributed by atoms with Crippen LogP contribution in [0.15, 0.2) is 0 Å². The van der Waals surface area contributed by atoms with Crippen LogP contribution >= 0.6 is 0 Å². The lowest BCUT2D eigenvalue weighted by Gasteiger charge is -2.27. The minimum absolute atomic E-state index is 0.0760. The second-order valence-corrected chi connectivity index (χ2v) is 4.06. The van der Waals surface area contributed by atoms with Crippen LogP contribution in [0.4, 0.5) is 0 Å². The van der Waals surface area contributed by atoms with Gasteiger partial charge in [0, 0.05) is 26.2 Å². The number of rotatable bonds is 9. The average Bonchev–Trinajstić information content (AvgIpc) is 2.37. The summed E-state index contributed by atoms with van der Waals surface area (Å²) in [5.41, 5.74) is 0. The summed E-state index contributed by atoms with van der Waals surface area (Å²) in [5.74, 6) is -1.11. The number of hydrogen-bond acceptors (Lipinski definition) is 9. The lowest BCUT2D eigenvalue weighted by atomic mass is 10.3. The predicted octanol–water partition coefficient (Wildman–Crippen LogP) is -1.35. The summed E-state index contributed by atoms with van der Waals surface area (Å²) in [4.78, 5) is 33.6. The molecular formula is C10H18N2O7. The zero-order chi connectivity index (χ0) is 14.1. The molecular weight excluding hydrogens is 260 g/mol. The van der Waals surface area contributed by atoms with Gasteiger partial charge < -0.3 is 4.74 Å². The Kier molecular flexibility index (Phi) is 7.48. The summed E-state index contributed by atoms with van der Waals surface area (Å²) < 4.78 is 4.41. The van der Waals surface area contributed by atoms with Gasteiger partial charge in [-0.3, -0.25) is 29.9 Å². The largest absolute Gasteiger partial charge is 0.391 e. The van der Waals surface area contributed by atoms with Crippen molar-refractivity contribution in [3.05, 3.63) is 0 Å². The fourth-order valence-electron chi connectivity index (χ4n) is 1.73. The van der Waals surface area contributed by atoms with E-state index < -0.39 is 11.9 Å². The quantitative estimate of drug-likeness (QED) is 0.229. The molecule has 0 amide bonds. The van der Waals surface area contributed by atoms with Crippen LogP contribution in [0, 0.1) is 0 Å². The highest BCUT2D eigenvalue weighted by Gasteiger charge is 2.24. The molecule has 0 aromatic carbocycles. The third-order valence-electron chi connectivity index (χ3n) is 2.66. The number of ether oxygens (including phenoxy) is 1. The van der Waals surface area contributed by atoms with E-state index in [9.17, 15) is 9.59 Å². The van der Waals surface area contributed by atoms with Gasteiger partial charge >= 0.3 is 11.9 Å². The number of carbonyl (C=O) groups excluding carboxylic acids is 2. The molecule has 0 aliphatic carbocycles. The zero-order valence-corrected chi connectivity index (χ0v) is 10.5. The molecule has 0 aromatic rings. The molecule has 2 N–H and O–H groups in total. The van der Waals surface area contributed by atoms with Gasteiger partial charge in [0.05, 0.1) is 26.3 Å². The fraction of sp³-hybridized carbons (Fsp3) is 0.800. The third-order valence-corrected chi connectivity index (χ3v) is 2.66. The van der Waals surface area contributed by atoms with Crippen molar-refractivity contribution in [2.75, 3.05) is 52.5 Å². The number of hydrogen-bond donors (Lipinski definition) is 2. The smallest absolute Gasteiger partial charge is 0.327 e. The minimum Gasteiger partial charge on any atom is -0.391 e. The highest BCUT2D eigenvalue weighted by Crippen LogP contribution is 2.00. The summed E-state index contributed by atoms with van der Waals surface area (Å²) in [6.07, 6.45) is 0. The molecule has 0 radical (unpaired) electrons. The first-order chi connectivity index (χ1) is 9.15. The average molecular weight is 278 g/mol. The van der Waals surface area contributed by atoms with Gasteiger partial charge in [0.15, 0.2) is 0 Å². The summed E-state index contributed by atoms with van der Waals surface area (Å²) >= 11 is 0. The summed E-state index contributed by atoms with van der Waals surface area (Å²) in [5, 5.41) is 16.6. The van der Waals surface area contributed by atoms with Crippen LogP contribution in [0.25, 0.3) is 0 Å². The Bertz CT molecular complexity index is 276.